The van der Waals surface area contributed by atoms with Crippen LogP contribution >= 0.6 is 0 Å². The van der Waals surface area contributed by atoms with E-state index in [0.29, 0.717) is 0 Å². The van der Waals surface area contributed by atoms with Gasteiger partial charge in [0.2, 0.25) is 0 Å². The fourth-order valence-corrected chi connectivity index (χ4v) is 0.953. The van der Waals surface area contributed by atoms with Gasteiger partial charge >= 0.3 is 0 Å². The molecule has 0 unspecified atom stereocenters. The van der Waals surface area contributed by atoms with E-state index in [4.69, 9.17) is 0 Å². The van der Waals surface area contributed by atoms with Crippen molar-refractivity contribution in [2.24, 2.45) is 0 Å². The van der Waals surface area contributed by atoms with Crippen LogP contribution in [0.25, 0.3) is 11.0 Å². The average molecular weight is 148 g/mol. The molecule has 11 heavy (non-hydrogen) atoms. The summed E-state index contributed by atoms with van der Waals surface area (Å²) in [4.78, 5) is 5.60. The van der Waals surface area contributed by atoms with Crippen molar-refractivity contribution in [3.63, 3.8) is 0 Å². The van der Waals surface area contributed by atoms with Crippen molar-refractivity contribution in [1.29, 1.82) is 0 Å². The molecule has 2 aromatic heterocycles. The molecule has 56 valence electrons. The van der Waals surface area contributed by atoms with E-state index >= 15 is 0 Å². The molecule has 0 N–H and O–H groups in total. The molecule has 0 radical (unpaired) electrons. The third-order valence-corrected chi connectivity index (χ3v) is 1.51. The maximum atomic E-state index is 4.20. The topological polar surface area (TPSA) is 43.6 Å². The first-order valence-corrected chi connectivity index (χ1v) is 3.55. The van der Waals surface area contributed by atoms with Gasteiger partial charge in [0.25, 0.3) is 0 Å². The second-order valence-electron chi connectivity index (χ2n) is 2.25. The molecule has 0 bridgehead atoms. The van der Waals surface area contributed by atoms with Gasteiger partial charge in [-0.15, -0.1) is 0 Å². The van der Waals surface area contributed by atoms with Crippen molar-refractivity contribution >= 4 is 11.0 Å². The minimum atomic E-state index is 0.800. The third-order valence-electron chi connectivity index (χ3n) is 1.51. The van der Waals surface area contributed by atoms with E-state index in [0.717, 1.165) is 17.6 Å². The van der Waals surface area contributed by atoms with Crippen LogP contribution in [-0.4, -0.2) is 20.0 Å². The molecule has 0 aromatic carbocycles. The van der Waals surface area contributed by atoms with E-state index in [1.165, 1.54) is 0 Å². The van der Waals surface area contributed by atoms with E-state index in [1.54, 1.807) is 17.2 Å². The molecule has 2 aromatic rings. The Kier molecular flexibility index (Phi) is 1.31. The van der Waals surface area contributed by atoms with Crippen LogP contribution < -0.4 is 0 Å². The van der Waals surface area contributed by atoms with Gasteiger partial charge in [-0.3, -0.25) is 4.98 Å². The molecule has 0 saturated carbocycles. The zero-order chi connectivity index (χ0) is 7.68. The molecule has 2 heterocycles. The largest absolute Gasteiger partial charge is 0.262 e. The van der Waals surface area contributed by atoms with Gasteiger partial charge < -0.3 is 0 Å². The standard InChI is InChI=1S/C7H8N4/c1-2-11-9-6-3-4-8-5-7(6)10-11/h3-5H,2H2,1H3. The zero-order valence-electron chi connectivity index (χ0n) is 6.23. The molecule has 0 amide bonds. The Hall–Kier alpha value is -1.45. The van der Waals surface area contributed by atoms with E-state index in [1.807, 2.05) is 13.0 Å². The summed E-state index contributed by atoms with van der Waals surface area (Å²) in [6.07, 6.45) is 3.44. The first-order chi connectivity index (χ1) is 5.40. The summed E-state index contributed by atoms with van der Waals surface area (Å²) < 4.78 is 0. The molecule has 2 rings (SSSR count). The lowest BCUT2D eigenvalue weighted by Crippen LogP contribution is -1.97. The van der Waals surface area contributed by atoms with Gasteiger partial charge in [0.15, 0.2) is 0 Å². The van der Waals surface area contributed by atoms with Gasteiger partial charge in [0.05, 0.1) is 12.7 Å². The van der Waals surface area contributed by atoms with Crippen LogP contribution in [-0.2, 0) is 6.54 Å². The Labute approximate surface area is 63.9 Å². The lowest BCUT2D eigenvalue weighted by atomic mass is 10.4. The number of hydrogen-bond acceptors (Lipinski definition) is 3. The highest BCUT2D eigenvalue weighted by Gasteiger charge is 1.97. The molecule has 0 saturated heterocycles. The minimum absolute atomic E-state index is 0.800. The van der Waals surface area contributed by atoms with E-state index in [9.17, 15) is 0 Å². The van der Waals surface area contributed by atoms with E-state index in [2.05, 4.69) is 15.2 Å². The van der Waals surface area contributed by atoms with Crippen LogP contribution in [0.4, 0.5) is 0 Å². The fraction of sp³-hybridized carbons (Fsp3) is 0.286. The predicted octanol–water partition coefficient (Wildman–Crippen LogP) is 0.846. The summed E-state index contributed by atoms with van der Waals surface area (Å²) in [6.45, 7) is 2.81. The lowest BCUT2D eigenvalue weighted by Gasteiger charge is -1.85. The number of nitrogens with zero attached hydrogens (tertiary/aromatic N) is 4. The summed E-state index contributed by atoms with van der Waals surface area (Å²) in [5, 5.41) is 8.37. The summed E-state index contributed by atoms with van der Waals surface area (Å²) in [6, 6.07) is 1.86. The van der Waals surface area contributed by atoms with Crippen molar-refractivity contribution in [2.75, 3.05) is 0 Å². The molecule has 0 aliphatic rings. The first-order valence-electron chi connectivity index (χ1n) is 3.55. The van der Waals surface area contributed by atoms with Crippen LogP contribution in [0, 0.1) is 0 Å². The zero-order valence-corrected chi connectivity index (χ0v) is 6.23. The SMILES string of the molecule is CCn1nc2ccncc2n1. The molecule has 4 nitrogen and oxygen atoms in total. The highest BCUT2D eigenvalue weighted by molar-refractivity contribution is 5.71. The molecular weight excluding hydrogens is 140 g/mol. The van der Waals surface area contributed by atoms with Crippen molar-refractivity contribution < 1.29 is 0 Å². The lowest BCUT2D eigenvalue weighted by molar-refractivity contribution is 0.578. The molecular formula is C7H8N4. The Balaban J connectivity index is 2.69. The fourth-order valence-electron chi connectivity index (χ4n) is 0.953. The number of fused-ring (bicyclic) bond motifs is 1. The number of pyridine rings is 1. The van der Waals surface area contributed by atoms with Gasteiger partial charge in [0.1, 0.15) is 11.0 Å². The smallest absolute Gasteiger partial charge is 0.131 e. The molecule has 0 fully saturated rings. The van der Waals surface area contributed by atoms with Gasteiger partial charge in [-0.25, -0.2) is 0 Å². The Morgan fingerprint density at radius 2 is 2.18 bits per heavy atom. The quantitative estimate of drug-likeness (QED) is 0.602. The molecule has 0 atom stereocenters. The van der Waals surface area contributed by atoms with Crippen LogP contribution in [0.1, 0.15) is 6.92 Å². The summed E-state index contributed by atoms with van der Waals surface area (Å²) >= 11 is 0. The van der Waals surface area contributed by atoms with Crippen LogP contribution in [0.15, 0.2) is 18.5 Å². The molecule has 0 aliphatic heterocycles. The first kappa shape index (κ1) is 6.27. The van der Waals surface area contributed by atoms with Gasteiger partial charge in [-0.2, -0.15) is 15.0 Å². The summed E-state index contributed by atoms with van der Waals surface area (Å²) in [5.41, 5.74) is 1.76. The predicted molar refractivity (Wildman–Crippen MR) is 41.0 cm³/mol. The van der Waals surface area contributed by atoms with Crippen LogP contribution in [0.5, 0.6) is 0 Å². The van der Waals surface area contributed by atoms with Gasteiger partial charge in [-0.05, 0) is 13.0 Å². The Morgan fingerprint density at radius 1 is 1.36 bits per heavy atom. The second-order valence-corrected chi connectivity index (χ2v) is 2.25. The molecule has 0 spiro atoms. The van der Waals surface area contributed by atoms with Crippen molar-refractivity contribution in [2.45, 2.75) is 13.5 Å². The second kappa shape index (κ2) is 2.30. The van der Waals surface area contributed by atoms with E-state index < -0.39 is 0 Å². The average Bonchev–Trinajstić information content (AvgIpc) is 2.46. The van der Waals surface area contributed by atoms with Crippen molar-refractivity contribution in [3.05, 3.63) is 18.5 Å². The maximum Gasteiger partial charge on any atom is 0.131 e. The third kappa shape index (κ3) is 0.960. The highest BCUT2D eigenvalue weighted by atomic mass is 15.5. The van der Waals surface area contributed by atoms with Crippen LogP contribution in [0.2, 0.25) is 0 Å². The Bertz CT molecular complexity index is 332. The van der Waals surface area contributed by atoms with Crippen LogP contribution in [0.3, 0.4) is 0 Å². The normalized spacial score (nSPS) is 10.6. The van der Waals surface area contributed by atoms with Crippen molar-refractivity contribution in [3.8, 4) is 0 Å². The van der Waals surface area contributed by atoms with E-state index in [-0.39, 0.29) is 0 Å². The molecule has 0 aliphatic carbocycles. The minimum Gasteiger partial charge on any atom is -0.262 e. The summed E-state index contributed by atoms with van der Waals surface area (Å²) in [5.74, 6) is 0. The maximum absolute atomic E-state index is 4.20. The monoisotopic (exact) mass is 148 g/mol. The Morgan fingerprint density at radius 3 is 2.91 bits per heavy atom. The number of aromatic nitrogens is 4. The number of rotatable bonds is 1. The van der Waals surface area contributed by atoms with Gasteiger partial charge in [-0.1, -0.05) is 0 Å². The van der Waals surface area contributed by atoms with Gasteiger partial charge in [0, 0.05) is 6.20 Å². The van der Waals surface area contributed by atoms with Crippen molar-refractivity contribution in [1.82, 2.24) is 20.0 Å². The number of aryl methyl sites for hydroxylation is 1. The number of hydrogen-bond donors (Lipinski definition) is 0. The molecule has 4 heteroatoms. The summed E-state index contributed by atoms with van der Waals surface area (Å²) in [7, 11) is 0. The highest BCUT2D eigenvalue weighted by Crippen LogP contribution is 2.04.